The molecule has 10 heteroatoms. The molecule has 9 nitrogen and oxygen atoms in total. The Bertz CT molecular complexity index is 1620. The molecule has 0 saturated heterocycles. The number of likely N-dealkylation sites (N-methyl/N-ethyl adjacent to an activating group) is 1. The van der Waals surface area contributed by atoms with Crippen LogP contribution in [-0.2, 0) is 32.7 Å². The highest BCUT2D eigenvalue weighted by Gasteiger charge is 2.21. The van der Waals surface area contributed by atoms with Gasteiger partial charge in [-0.2, -0.15) is 0 Å². The van der Waals surface area contributed by atoms with Crippen molar-refractivity contribution in [2.45, 2.75) is 238 Å². The zero-order valence-corrected chi connectivity index (χ0v) is 48.9. The summed E-state index contributed by atoms with van der Waals surface area (Å²) >= 11 is 0. The minimum absolute atomic E-state index is 0.0392. The van der Waals surface area contributed by atoms with Crippen molar-refractivity contribution in [3.63, 3.8) is 0 Å². The van der Waals surface area contributed by atoms with Crippen LogP contribution in [0.2, 0.25) is 0 Å². The van der Waals surface area contributed by atoms with Gasteiger partial charge in [-0.05, 0) is 96.3 Å². The summed E-state index contributed by atoms with van der Waals surface area (Å²) in [4.78, 5) is 37.8. The van der Waals surface area contributed by atoms with E-state index in [4.69, 9.17) is 18.5 Å². The second-order valence-electron chi connectivity index (χ2n) is 20.6. The Kier molecular flexibility index (Phi) is 52.0. The third-order valence-corrected chi connectivity index (χ3v) is 13.3. The summed E-state index contributed by atoms with van der Waals surface area (Å²) in [5.74, 6) is -0.863. The van der Waals surface area contributed by atoms with Crippen molar-refractivity contribution in [1.82, 2.24) is 0 Å². The lowest BCUT2D eigenvalue weighted by molar-refractivity contribution is -0.870. The fraction of sp³-hybridized carbons (Fsp3) is 0.688. The predicted octanol–water partition coefficient (Wildman–Crippen LogP) is 18.0. The third-order valence-electron chi connectivity index (χ3n) is 12.3. The van der Waals surface area contributed by atoms with Gasteiger partial charge in [0, 0.05) is 12.8 Å². The van der Waals surface area contributed by atoms with E-state index in [9.17, 15) is 19.0 Å². The number of phosphoric ester groups is 1. The number of ether oxygens (including phenoxy) is 2. The first-order chi connectivity index (χ1) is 36.0. The molecule has 0 aliphatic carbocycles. The van der Waals surface area contributed by atoms with E-state index < -0.39 is 32.5 Å². The van der Waals surface area contributed by atoms with Crippen molar-refractivity contribution < 1.29 is 42.1 Å². The van der Waals surface area contributed by atoms with Crippen LogP contribution in [-0.4, -0.2) is 70.0 Å². The van der Waals surface area contributed by atoms with Gasteiger partial charge in [0.1, 0.15) is 19.8 Å². The van der Waals surface area contributed by atoms with Gasteiger partial charge < -0.3 is 27.9 Å². The molecule has 0 heterocycles. The van der Waals surface area contributed by atoms with E-state index in [-0.39, 0.29) is 26.1 Å². The highest BCUT2D eigenvalue weighted by atomic mass is 31.2. The Hall–Kier alpha value is -3.33. The van der Waals surface area contributed by atoms with Gasteiger partial charge in [0.25, 0.3) is 7.82 Å². The molecule has 0 fully saturated rings. The molecule has 74 heavy (non-hydrogen) atoms. The Labute approximate surface area is 455 Å². The number of carbonyl (C=O) groups is 2. The molecule has 0 bridgehead atoms. The number of unbranched alkanes of at least 4 members (excludes halogenated alkanes) is 21. The Morgan fingerprint density at radius 2 is 0.730 bits per heavy atom. The fourth-order valence-corrected chi connectivity index (χ4v) is 8.52. The summed E-state index contributed by atoms with van der Waals surface area (Å²) in [6, 6.07) is 0. The van der Waals surface area contributed by atoms with E-state index in [1.165, 1.54) is 89.9 Å². The Morgan fingerprint density at radius 1 is 0.419 bits per heavy atom. The maximum Gasteiger partial charge on any atom is 0.306 e. The zero-order chi connectivity index (χ0) is 54.2. The van der Waals surface area contributed by atoms with Crippen molar-refractivity contribution in [2.24, 2.45) is 0 Å². The topological polar surface area (TPSA) is 111 Å². The molecule has 2 atom stereocenters. The maximum atomic E-state index is 12.8. The largest absolute Gasteiger partial charge is 0.756 e. The van der Waals surface area contributed by atoms with Crippen molar-refractivity contribution in [2.75, 3.05) is 47.5 Å². The highest BCUT2D eigenvalue weighted by molar-refractivity contribution is 7.45. The van der Waals surface area contributed by atoms with Crippen LogP contribution in [0.3, 0.4) is 0 Å². The van der Waals surface area contributed by atoms with Crippen molar-refractivity contribution in [3.05, 3.63) is 109 Å². The molecule has 0 aliphatic heterocycles. The van der Waals surface area contributed by atoms with E-state index in [1.807, 2.05) is 21.1 Å². The number of phosphoric acid groups is 1. The molecule has 0 rings (SSSR count). The van der Waals surface area contributed by atoms with Crippen molar-refractivity contribution >= 4 is 19.8 Å². The summed E-state index contributed by atoms with van der Waals surface area (Å²) in [5, 5.41) is 0. The van der Waals surface area contributed by atoms with Crippen LogP contribution in [0.15, 0.2) is 109 Å². The van der Waals surface area contributed by atoms with E-state index in [1.54, 1.807) is 0 Å². The molecule has 0 saturated carbocycles. The second kappa shape index (κ2) is 54.5. The summed E-state index contributed by atoms with van der Waals surface area (Å²) in [6.07, 6.45) is 75.7. The lowest BCUT2D eigenvalue weighted by Crippen LogP contribution is -2.37. The van der Waals surface area contributed by atoms with Crippen LogP contribution >= 0.6 is 7.82 Å². The number of carbonyl (C=O) groups excluding carboxylic acids is 2. The third kappa shape index (κ3) is 57.9. The zero-order valence-electron chi connectivity index (χ0n) is 48.0. The first-order valence-electron chi connectivity index (χ1n) is 29.6. The molecule has 0 radical (unpaired) electrons. The van der Waals surface area contributed by atoms with Gasteiger partial charge in [-0.25, -0.2) is 0 Å². The number of quaternary nitrogens is 1. The molecular formula is C64H110NO8P. The number of esters is 2. The Morgan fingerprint density at radius 3 is 1.08 bits per heavy atom. The number of hydrogen-bond donors (Lipinski definition) is 0. The number of rotatable bonds is 53. The molecule has 0 aromatic heterocycles. The van der Waals surface area contributed by atoms with Gasteiger partial charge in [0.2, 0.25) is 0 Å². The predicted molar refractivity (Wildman–Crippen MR) is 314 cm³/mol. The lowest BCUT2D eigenvalue weighted by Gasteiger charge is -2.28. The summed E-state index contributed by atoms with van der Waals surface area (Å²) < 4.78 is 34.1. The van der Waals surface area contributed by atoms with E-state index in [2.05, 4.69) is 123 Å². The average Bonchev–Trinajstić information content (AvgIpc) is 3.36. The summed E-state index contributed by atoms with van der Waals surface area (Å²) in [6.45, 7) is 3.98. The van der Waals surface area contributed by atoms with Crippen LogP contribution < -0.4 is 4.89 Å². The van der Waals surface area contributed by atoms with Gasteiger partial charge in [-0.15, -0.1) is 0 Å². The van der Waals surface area contributed by atoms with Gasteiger partial charge in [0.05, 0.1) is 27.7 Å². The van der Waals surface area contributed by atoms with Gasteiger partial charge in [-0.1, -0.05) is 232 Å². The number of nitrogens with zero attached hydrogens (tertiary/aromatic N) is 1. The lowest BCUT2D eigenvalue weighted by atomic mass is 10.0. The monoisotopic (exact) mass is 1050 g/mol. The van der Waals surface area contributed by atoms with Crippen LogP contribution in [0.25, 0.3) is 0 Å². The first-order valence-corrected chi connectivity index (χ1v) is 31.1. The molecule has 0 spiro atoms. The number of hydrogen-bond acceptors (Lipinski definition) is 8. The van der Waals surface area contributed by atoms with Gasteiger partial charge >= 0.3 is 11.9 Å². The molecular weight excluding hydrogens is 942 g/mol. The smallest absolute Gasteiger partial charge is 0.306 e. The van der Waals surface area contributed by atoms with Crippen molar-refractivity contribution in [1.29, 1.82) is 0 Å². The van der Waals surface area contributed by atoms with E-state index >= 15 is 0 Å². The van der Waals surface area contributed by atoms with Crippen molar-refractivity contribution in [3.8, 4) is 0 Å². The minimum Gasteiger partial charge on any atom is -0.756 e. The average molecular weight is 1050 g/mol. The molecule has 424 valence electrons. The van der Waals surface area contributed by atoms with E-state index in [0.717, 1.165) is 103 Å². The van der Waals surface area contributed by atoms with Gasteiger partial charge in [0.15, 0.2) is 6.10 Å². The van der Waals surface area contributed by atoms with E-state index in [0.29, 0.717) is 23.9 Å². The normalized spacial score (nSPS) is 14.1. The van der Waals surface area contributed by atoms with Crippen LogP contribution in [0.4, 0.5) is 0 Å². The number of allylic oxidation sites excluding steroid dienone is 18. The maximum absolute atomic E-state index is 12.8. The molecule has 0 amide bonds. The fourth-order valence-electron chi connectivity index (χ4n) is 7.79. The molecule has 0 aliphatic rings. The Balaban J connectivity index is 4.10. The molecule has 0 aromatic rings. The van der Waals surface area contributed by atoms with Crippen LogP contribution in [0.1, 0.15) is 232 Å². The van der Waals surface area contributed by atoms with Gasteiger partial charge in [-0.3, -0.25) is 14.2 Å². The first kappa shape index (κ1) is 70.7. The molecule has 0 N–H and O–H groups in total. The summed E-state index contributed by atoms with van der Waals surface area (Å²) in [5.41, 5.74) is 0. The quantitative estimate of drug-likeness (QED) is 0.0195. The van der Waals surface area contributed by atoms with Crippen LogP contribution in [0, 0.1) is 0 Å². The second-order valence-corrected chi connectivity index (χ2v) is 22.0. The summed E-state index contributed by atoms with van der Waals surface area (Å²) in [7, 11) is 1.14. The van der Waals surface area contributed by atoms with Crippen LogP contribution in [0.5, 0.6) is 0 Å². The minimum atomic E-state index is -4.65. The SMILES string of the molecule is CC/C=C\C/C=C\C/C=C\C/C=C\C/C=C\CCCCCCCCCCCCCCCCCCCC(=O)OC(COC(=O)CCCCCC/C=C\C/C=C\C/C=C\C/C=C\CC)COP(=O)([O-])OCC[N+](C)(C)C. The molecule has 0 aromatic carbocycles. The molecule has 2 unspecified atom stereocenters. The highest BCUT2D eigenvalue weighted by Crippen LogP contribution is 2.38. The standard InChI is InChI=1S/C64H110NO8P/c1-6-8-10-12-14-16-18-20-22-24-25-26-27-28-29-30-31-32-33-34-35-36-37-38-39-41-43-45-47-49-51-53-55-57-64(67)73-62(61-72-74(68,69)71-59-58-65(3,4)5)60-70-63(66)56-54-52-50-48-46-44-42-40-23-21-19-17-15-13-11-9-7-2/h8-11,14-17,20-23,25-26,28-29,42,44,62H,6-7,12-13,18-19,24,27,30-41,43,45-61H2,1-5H3/b10-8-,11-9-,16-14-,17-15-,22-20-,23-21-,26-25-,29-28-,44-42-.